The number of rotatable bonds is 12. The topological polar surface area (TPSA) is 92.9 Å². The molecule has 0 bridgehead atoms. The molecule has 0 unspecified atom stereocenters. The summed E-state index contributed by atoms with van der Waals surface area (Å²) < 4.78 is 23.1. The van der Waals surface area contributed by atoms with Crippen molar-refractivity contribution in [3.05, 3.63) is 30.2 Å². The van der Waals surface area contributed by atoms with Gasteiger partial charge in [-0.3, -0.25) is 9.18 Å². The van der Waals surface area contributed by atoms with Crippen LogP contribution in [0.3, 0.4) is 0 Å². The number of para-hydroxylation sites is 2. The maximum absolute atomic E-state index is 12.9. The molecule has 7 nitrogen and oxygen atoms in total. The second kappa shape index (κ2) is 10.8. The highest BCUT2D eigenvalue weighted by molar-refractivity contribution is 5.85. The van der Waals surface area contributed by atoms with Crippen LogP contribution >= 0.6 is 0 Å². The number of aromatic nitrogens is 1. The summed E-state index contributed by atoms with van der Waals surface area (Å²) in [6.45, 7) is 3.66. The molecule has 1 aromatic carbocycles. The quantitative estimate of drug-likeness (QED) is 0.556. The van der Waals surface area contributed by atoms with Crippen LogP contribution in [0.1, 0.15) is 32.6 Å². The summed E-state index contributed by atoms with van der Waals surface area (Å²) in [5.74, 6) is -1.46. The van der Waals surface area contributed by atoms with E-state index in [9.17, 15) is 19.1 Å². The SMILES string of the molecule is CC[C@H](C)[C@@H](C(=O)O)N(CCOCCCF)C(=O)Cc1nc2ccccc2o1. The highest BCUT2D eigenvalue weighted by Gasteiger charge is 2.33. The number of hydrogen-bond donors (Lipinski definition) is 1. The third-order valence-electron chi connectivity index (χ3n) is 4.63. The lowest BCUT2D eigenvalue weighted by molar-refractivity contribution is -0.153. The minimum absolute atomic E-state index is 0.104. The molecular formula is C20H27FN2O5. The molecule has 1 aromatic heterocycles. The molecule has 1 N–H and O–H groups in total. The summed E-state index contributed by atoms with van der Waals surface area (Å²) in [6, 6.07) is 6.19. The molecular weight excluding hydrogens is 367 g/mol. The number of fused-ring (bicyclic) bond motifs is 1. The zero-order valence-electron chi connectivity index (χ0n) is 16.3. The van der Waals surface area contributed by atoms with Crippen molar-refractivity contribution in [1.82, 2.24) is 9.88 Å². The number of halogens is 1. The average Bonchev–Trinajstić information content (AvgIpc) is 3.08. The Bertz CT molecular complexity index is 746. The van der Waals surface area contributed by atoms with Crippen LogP contribution in [0.25, 0.3) is 11.1 Å². The van der Waals surface area contributed by atoms with Crippen LogP contribution in [0.2, 0.25) is 0 Å². The zero-order chi connectivity index (χ0) is 20.5. The van der Waals surface area contributed by atoms with Crippen LogP contribution in [-0.2, 0) is 20.7 Å². The number of alkyl halides is 1. The van der Waals surface area contributed by atoms with E-state index in [0.29, 0.717) is 17.5 Å². The van der Waals surface area contributed by atoms with E-state index in [1.165, 1.54) is 4.90 Å². The number of aliphatic carboxylic acids is 1. The van der Waals surface area contributed by atoms with Crippen molar-refractivity contribution in [2.75, 3.05) is 26.4 Å². The first kappa shape index (κ1) is 21.8. The van der Waals surface area contributed by atoms with Gasteiger partial charge in [0, 0.05) is 13.2 Å². The van der Waals surface area contributed by atoms with Gasteiger partial charge in [-0.25, -0.2) is 9.78 Å². The number of nitrogens with zero attached hydrogens (tertiary/aromatic N) is 2. The Hall–Kier alpha value is -2.48. The Balaban J connectivity index is 2.14. The average molecular weight is 394 g/mol. The number of hydrogen-bond acceptors (Lipinski definition) is 5. The molecule has 1 heterocycles. The predicted octanol–water partition coefficient (Wildman–Crippen LogP) is 3.07. The summed E-state index contributed by atoms with van der Waals surface area (Å²) >= 11 is 0. The van der Waals surface area contributed by atoms with Gasteiger partial charge >= 0.3 is 5.97 Å². The minimum Gasteiger partial charge on any atom is -0.480 e. The Labute approximate surface area is 163 Å². The normalized spacial score (nSPS) is 13.4. The van der Waals surface area contributed by atoms with Crippen molar-refractivity contribution >= 4 is 23.0 Å². The summed E-state index contributed by atoms with van der Waals surface area (Å²) in [4.78, 5) is 30.4. The van der Waals surface area contributed by atoms with Crippen molar-refractivity contribution in [3.8, 4) is 0 Å². The zero-order valence-corrected chi connectivity index (χ0v) is 16.3. The molecule has 0 fully saturated rings. The van der Waals surface area contributed by atoms with E-state index in [2.05, 4.69) is 4.98 Å². The van der Waals surface area contributed by atoms with E-state index in [4.69, 9.17) is 9.15 Å². The molecule has 0 aliphatic rings. The standard InChI is InChI=1S/C20H27FN2O5/c1-3-14(2)19(20(25)26)23(10-12-27-11-6-9-21)18(24)13-17-22-15-7-4-5-8-16(15)28-17/h4-5,7-8,14,19H,3,6,9-13H2,1-2H3,(H,25,26)/t14-,19-/m0/s1. The van der Waals surface area contributed by atoms with Gasteiger partial charge in [-0.2, -0.15) is 0 Å². The molecule has 0 aliphatic heterocycles. The van der Waals surface area contributed by atoms with Gasteiger partial charge in [-0.1, -0.05) is 32.4 Å². The fourth-order valence-corrected chi connectivity index (χ4v) is 2.97. The van der Waals surface area contributed by atoms with Gasteiger partial charge in [-0.15, -0.1) is 0 Å². The number of benzene rings is 1. The molecule has 0 radical (unpaired) electrons. The smallest absolute Gasteiger partial charge is 0.326 e. The molecule has 0 saturated heterocycles. The van der Waals surface area contributed by atoms with Crippen LogP contribution in [0, 0.1) is 5.92 Å². The van der Waals surface area contributed by atoms with Gasteiger partial charge in [0.05, 0.1) is 13.3 Å². The van der Waals surface area contributed by atoms with Gasteiger partial charge < -0.3 is 19.2 Å². The first-order chi connectivity index (χ1) is 13.5. The van der Waals surface area contributed by atoms with Crippen LogP contribution < -0.4 is 0 Å². The van der Waals surface area contributed by atoms with Gasteiger partial charge in [0.1, 0.15) is 18.0 Å². The predicted molar refractivity (Wildman–Crippen MR) is 102 cm³/mol. The van der Waals surface area contributed by atoms with Gasteiger partial charge in [0.15, 0.2) is 5.58 Å². The molecule has 2 atom stereocenters. The maximum Gasteiger partial charge on any atom is 0.326 e. The lowest BCUT2D eigenvalue weighted by Crippen LogP contribution is -2.50. The molecule has 28 heavy (non-hydrogen) atoms. The van der Waals surface area contributed by atoms with Gasteiger partial charge in [-0.05, 0) is 24.5 Å². The Morgan fingerprint density at radius 1 is 1.32 bits per heavy atom. The minimum atomic E-state index is -1.07. The lowest BCUT2D eigenvalue weighted by Gasteiger charge is -2.32. The molecule has 2 aromatic rings. The molecule has 1 amide bonds. The van der Waals surface area contributed by atoms with Crippen molar-refractivity contribution in [3.63, 3.8) is 0 Å². The van der Waals surface area contributed by atoms with E-state index in [0.717, 1.165) is 0 Å². The molecule has 8 heteroatoms. The molecule has 0 saturated carbocycles. The van der Waals surface area contributed by atoms with Gasteiger partial charge in [0.25, 0.3) is 0 Å². The largest absolute Gasteiger partial charge is 0.480 e. The number of carboxylic acids is 1. The van der Waals surface area contributed by atoms with Crippen molar-refractivity contribution in [2.24, 2.45) is 5.92 Å². The van der Waals surface area contributed by atoms with Crippen molar-refractivity contribution in [2.45, 2.75) is 39.2 Å². The third-order valence-corrected chi connectivity index (χ3v) is 4.63. The van der Waals surface area contributed by atoms with E-state index < -0.39 is 24.6 Å². The second-order valence-corrected chi connectivity index (χ2v) is 6.66. The fourth-order valence-electron chi connectivity index (χ4n) is 2.97. The highest BCUT2D eigenvalue weighted by Crippen LogP contribution is 2.19. The number of amides is 1. The Morgan fingerprint density at radius 2 is 2.07 bits per heavy atom. The van der Waals surface area contributed by atoms with E-state index in [1.807, 2.05) is 19.1 Å². The van der Waals surface area contributed by atoms with Crippen LogP contribution in [0.15, 0.2) is 28.7 Å². The highest BCUT2D eigenvalue weighted by atomic mass is 19.1. The van der Waals surface area contributed by atoms with Crippen molar-refractivity contribution in [1.29, 1.82) is 0 Å². The number of carbonyl (C=O) groups is 2. The number of ether oxygens (including phenoxy) is 1. The summed E-state index contributed by atoms with van der Waals surface area (Å²) in [5.41, 5.74) is 1.21. The van der Waals surface area contributed by atoms with Crippen molar-refractivity contribution < 1.29 is 28.2 Å². The monoisotopic (exact) mass is 394 g/mol. The number of carbonyl (C=O) groups excluding carboxylic acids is 1. The second-order valence-electron chi connectivity index (χ2n) is 6.66. The number of carboxylic acid groups (broad SMARTS) is 1. The Morgan fingerprint density at radius 3 is 2.71 bits per heavy atom. The summed E-state index contributed by atoms with van der Waals surface area (Å²) in [6.07, 6.45) is 0.732. The molecule has 0 aliphatic carbocycles. The van der Waals surface area contributed by atoms with Crippen LogP contribution in [0.4, 0.5) is 4.39 Å². The van der Waals surface area contributed by atoms with E-state index in [1.54, 1.807) is 19.1 Å². The maximum atomic E-state index is 12.9. The molecule has 154 valence electrons. The fraction of sp³-hybridized carbons (Fsp3) is 0.550. The first-order valence-electron chi connectivity index (χ1n) is 9.48. The Kier molecular flexibility index (Phi) is 8.38. The summed E-state index contributed by atoms with van der Waals surface area (Å²) in [7, 11) is 0. The summed E-state index contributed by atoms with van der Waals surface area (Å²) in [5, 5.41) is 9.69. The lowest BCUT2D eigenvalue weighted by atomic mass is 9.97. The van der Waals surface area contributed by atoms with Crippen LogP contribution in [0.5, 0.6) is 0 Å². The molecule has 0 spiro atoms. The first-order valence-corrected chi connectivity index (χ1v) is 9.48. The number of oxazole rings is 1. The molecule has 2 rings (SSSR count). The van der Waals surface area contributed by atoms with E-state index in [-0.39, 0.29) is 44.4 Å². The van der Waals surface area contributed by atoms with Crippen LogP contribution in [-0.4, -0.2) is 59.3 Å². The van der Waals surface area contributed by atoms with Gasteiger partial charge in [0.2, 0.25) is 11.8 Å². The third kappa shape index (κ3) is 5.76. The van der Waals surface area contributed by atoms with E-state index >= 15 is 0 Å².